The molecule has 0 saturated carbocycles. The normalized spacial score (nSPS) is 11.9. The largest absolute Gasteiger partial charge is 0.482 e. The summed E-state index contributed by atoms with van der Waals surface area (Å²) in [6.07, 6.45) is 0. The number of aromatic nitrogens is 1. The van der Waals surface area contributed by atoms with E-state index in [9.17, 15) is 10.1 Å². The van der Waals surface area contributed by atoms with Crippen molar-refractivity contribution in [3.05, 3.63) is 74.6 Å². The maximum atomic E-state index is 11.5. The van der Waals surface area contributed by atoms with E-state index in [1.807, 2.05) is 49.7 Å². The Kier molecular flexibility index (Phi) is 5.60. The molecule has 26 heavy (non-hydrogen) atoms. The smallest absolute Gasteiger partial charge is 0.311 e. The zero-order valence-corrected chi connectivity index (χ0v) is 15.3. The Bertz CT molecular complexity index is 896. The van der Waals surface area contributed by atoms with Gasteiger partial charge in [-0.25, -0.2) is 4.98 Å². The van der Waals surface area contributed by atoms with Crippen LogP contribution >= 0.6 is 11.3 Å². The predicted molar refractivity (Wildman–Crippen MR) is 102 cm³/mol. The minimum atomic E-state index is -0.423. The van der Waals surface area contributed by atoms with Crippen molar-refractivity contribution in [1.29, 1.82) is 0 Å². The first kappa shape index (κ1) is 18.0. The number of nitrogens with zero attached hydrogens (tertiary/aromatic N) is 2. The van der Waals surface area contributed by atoms with Gasteiger partial charge in [0.05, 0.1) is 16.7 Å². The summed E-state index contributed by atoms with van der Waals surface area (Å²) >= 11 is 1.53. The van der Waals surface area contributed by atoms with Gasteiger partial charge in [-0.1, -0.05) is 30.3 Å². The van der Waals surface area contributed by atoms with Crippen LogP contribution in [0.25, 0.3) is 11.3 Å². The predicted octanol–water partition coefficient (Wildman–Crippen LogP) is 4.58. The van der Waals surface area contributed by atoms with E-state index >= 15 is 0 Å². The van der Waals surface area contributed by atoms with E-state index in [0.29, 0.717) is 5.56 Å². The third kappa shape index (κ3) is 4.07. The van der Waals surface area contributed by atoms with Gasteiger partial charge in [-0.2, -0.15) is 0 Å². The highest BCUT2D eigenvalue weighted by atomic mass is 32.1. The van der Waals surface area contributed by atoms with Crippen LogP contribution in [-0.2, 0) is 6.61 Å². The number of nitrogens with one attached hydrogen (secondary N) is 1. The molecular formula is C19H19N3O3S. The van der Waals surface area contributed by atoms with Crippen LogP contribution in [0.15, 0.2) is 53.9 Å². The molecule has 0 aliphatic carbocycles. The zero-order chi connectivity index (χ0) is 18.5. The molecule has 0 radical (unpaired) electrons. The number of thiazole rings is 1. The Labute approximate surface area is 155 Å². The number of rotatable bonds is 7. The van der Waals surface area contributed by atoms with Gasteiger partial charge in [0.1, 0.15) is 11.6 Å². The van der Waals surface area contributed by atoms with Gasteiger partial charge < -0.3 is 10.1 Å². The summed E-state index contributed by atoms with van der Waals surface area (Å²) in [5, 5.41) is 17.5. The first-order chi connectivity index (χ1) is 12.6. The second-order valence-corrected chi connectivity index (χ2v) is 6.68. The monoisotopic (exact) mass is 369 g/mol. The number of hydrogen-bond donors (Lipinski definition) is 1. The molecule has 1 aromatic heterocycles. The van der Waals surface area contributed by atoms with Crippen molar-refractivity contribution in [2.75, 3.05) is 7.05 Å². The quantitative estimate of drug-likeness (QED) is 0.487. The van der Waals surface area contributed by atoms with Crippen LogP contribution < -0.4 is 10.1 Å². The molecule has 134 valence electrons. The first-order valence-electron chi connectivity index (χ1n) is 8.16. The molecule has 0 aliphatic rings. The van der Waals surface area contributed by atoms with Crippen molar-refractivity contribution in [1.82, 2.24) is 10.3 Å². The van der Waals surface area contributed by atoms with Crippen LogP contribution in [0.5, 0.6) is 5.75 Å². The van der Waals surface area contributed by atoms with Crippen LogP contribution in [0.1, 0.15) is 23.5 Å². The third-order valence-corrected chi connectivity index (χ3v) is 5.04. The lowest BCUT2D eigenvalue weighted by molar-refractivity contribution is -0.385. The van der Waals surface area contributed by atoms with E-state index in [1.165, 1.54) is 17.4 Å². The standard InChI is InChI=1S/C19H19N3O3S/c1-13(20-2)19-21-16(12-26-19)15-8-9-18(17(10-15)22(23)24)25-11-14-6-4-3-5-7-14/h3-10,12-13,20H,11H2,1-2H3. The van der Waals surface area contributed by atoms with Crippen LogP contribution in [0.2, 0.25) is 0 Å². The zero-order valence-electron chi connectivity index (χ0n) is 14.5. The van der Waals surface area contributed by atoms with Gasteiger partial charge in [0, 0.05) is 17.0 Å². The van der Waals surface area contributed by atoms with E-state index in [0.717, 1.165) is 16.3 Å². The Morgan fingerprint density at radius 3 is 2.73 bits per heavy atom. The summed E-state index contributed by atoms with van der Waals surface area (Å²) in [6.45, 7) is 2.30. The summed E-state index contributed by atoms with van der Waals surface area (Å²) in [5.74, 6) is 0.252. The Morgan fingerprint density at radius 2 is 2.04 bits per heavy atom. The molecule has 0 saturated heterocycles. The maximum Gasteiger partial charge on any atom is 0.311 e. The fraction of sp³-hybridized carbons (Fsp3) is 0.211. The lowest BCUT2D eigenvalue weighted by Gasteiger charge is -2.08. The van der Waals surface area contributed by atoms with Crippen molar-refractivity contribution in [3.63, 3.8) is 0 Å². The molecule has 1 N–H and O–H groups in total. The summed E-state index contributed by atoms with van der Waals surface area (Å²) in [6, 6.07) is 14.6. The number of nitro benzene ring substituents is 1. The summed E-state index contributed by atoms with van der Waals surface area (Å²) in [7, 11) is 1.87. The van der Waals surface area contributed by atoms with Crippen molar-refractivity contribution < 1.29 is 9.66 Å². The lowest BCUT2D eigenvalue weighted by atomic mass is 10.1. The third-order valence-electron chi connectivity index (χ3n) is 4.01. The number of benzene rings is 2. The molecule has 1 atom stereocenters. The van der Waals surface area contributed by atoms with Crippen LogP contribution in [-0.4, -0.2) is 17.0 Å². The van der Waals surface area contributed by atoms with E-state index < -0.39 is 4.92 Å². The fourth-order valence-corrected chi connectivity index (χ4v) is 3.31. The number of ether oxygens (including phenoxy) is 1. The van der Waals surface area contributed by atoms with E-state index in [2.05, 4.69) is 10.3 Å². The van der Waals surface area contributed by atoms with Crippen molar-refractivity contribution in [3.8, 4) is 17.0 Å². The molecular weight excluding hydrogens is 350 g/mol. The molecule has 0 amide bonds. The number of nitro groups is 1. The highest BCUT2D eigenvalue weighted by Crippen LogP contribution is 2.34. The highest BCUT2D eigenvalue weighted by molar-refractivity contribution is 7.10. The molecule has 1 heterocycles. The Hall–Kier alpha value is -2.77. The molecule has 0 spiro atoms. The average molecular weight is 369 g/mol. The minimum Gasteiger partial charge on any atom is -0.482 e. The van der Waals surface area contributed by atoms with Gasteiger partial charge in [-0.05, 0) is 31.7 Å². The number of hydrogen-bond acceptors (Lipinski definition) is 6. The van der Waals surface area contributed by atoms with Crippen LogP contribution in [0.3, 0.4) is 0 Å². The Balaban J connectivity index is 1.84. The molecule has 0 fully saturated rings. The average Bonchev–Trinajstić information content (AvgIpc) is 3.16. The SMILES string of the molecule is CNC(C)c1nc(-c2ccc(OCc3ccccc3)c([N+](=O)[O-])c2)cs1. The van der Waals surface area contributed by atoms with Gasteiger partial charge in [-0.3, -0.25) is 10.1 Å². The summed E-state index contributed by atoms with van der Waals surface area (Å²) in [4.78, 5) is 15.6. The molecule has 7 heteroatoms. The van der Waals surface area contributed by atoms with Gasteiger partial charge >= 0.3 is 5.69 Å². The lowest BCUT2D eigenvalue weighted by Crippen LogP contribution is -2.11. The molecule has 2 aromatic carbocycles. The van der Waals surface area contributed by atoms with Gasteiger partial charge in [-0.15, -0.1) is 11.3 Å². The van der Waals surface area contributed by atoms with Crippen molar-refractivity contribution >= 4 is 17.0 Å². The fourth-order valence-electron chi connectivity index (χ4n) is 2.42. The van der Waals surface area contributed by atoms with Gasteiger partial charge in [0.25, 0.3) is 0 Å². The van der Waals surface area contributed by atoms with Gasteiger partial charge in [0.2, 0.25) is 0 Å². The second-order valence-electron chi connectivity index (χ2n) is 5.80. The van der Waals surface area contributed by atoms with Crippen molar-refractivity contribution in [2.24, 2.45) is 0 Å². The first-order valence-corrected chi connectivity index (χ1v) is 9.04. The van der Waals surface area contributed by atoms with E-state index in [1.54, 1.807) is 12.1 Å². The maximum absolute atomic E-state index is 11.5. The molecule has 1 unspecified atom stereocenters. The van der Waals surface area contributed by atoms with Crippen molar-refractivity contribution in [2.45, 2.75) is 19.6 Å². The highest BCUT2D eigenvalue weighted by Gasteiger charge is 2.18. The summed E-state index contributed by atoms with van der Waals surface area (Å²) < 4.78 is 5.67. The summed E-state index contributed by atoms with van der Waals surface area (Å²) in [5.41, 5.74) is 2.32. The molecule has 0 aliphatic heterocycles. The molecule has 6 nitrogen and oxygen atoms in total. The minimum absolute atomic E-state index is 0.0605. The van der Waals surface area contributed by atoms with Gasteiger partial charge in [0.15, 0.2) is 5.75 Å². The van der Waals surface area contributed by atoms with Crippen LogP contribution in [0.4, 0.5) is 5.69 Å². The second kappa shape index (κ2) is 8.07. The van der Waals surface area contributed by atoms with E-state index in [4.69, 9.17) is 4.74 Å². The van der Waals surface area contributed by atoms with E-state index in [-0.39, 0.29) is 24.1 Å². The van der Waals surface area contributed by atoms with Crippen LogP contribution in [0, 0.1) is 10.1 Å². The molecule has 0 bridgehead atoms. The Morgan fingerprint density at radius 1 is 1.27 bits per heavy atom. The molecule has 3 aromatic rings. The topological polar surface area (TPSA) is 77.3 Å². The molecule has 3 rings (SSSR count).